The summed E-state index contributed by atoms with van der Waals surface area (Å²) in [5.74, 6) is -0.131. The van der Waals surface area contributed by atoms with E-state index in [2.05, 4.69) is 0 Å². The van der Waals surface area contributed by atoms with Crippen LogP contribution in [0, 0.1) is 5.82 Å². The largest absolute Gasteiger partial charge is 0.496 e. The molecule has 1 atom stereocenters. The Kier molecular flexibility index (Phi) is 4.09. The maximum Gasteiger partial charge on any atom is 0.133 e. The number of aliphatic hydroxyl groups is 1. The average molecular weight is 274 g/mol. The van der Waals surface area contributed by atoms with Crippen molar-refractivity contribution in [3.63, 3.8) is 0 Å². The zero-order chi connectivity index (χ0) is 14.8. The van der Waals surface area contributed by atoms with Crippen LogP contribution in [0.2, 0.25) is 0 Å². The van der Waals surface area contributed by atoms with Crippen LogP contribution in [0.5, 0.6) is 5.75 Å². The lowest BCUT2D eigenvalue weighted by molar-refractivity contribution is 0.0944. The number of ether oxygens (including phenoxy) is 1. The van der Waals surface area contributed by atoms with Crippen molar-refractivity contribution in [3.8, 4) is 5.75 Å². The summed E-state index contributed by atoms with van der Waals surface area (Å²) >= 11 is 0. The minimum atomic E-state index is -1.44. The second kappa shape index (κ2) is 5.63. The van der Waals surface area contributed by atoms with Gasteiger partial charge in [0.2, 0.25) is 0 Å². The molecule has 106 valence electrons. The molecule has 3 heteroatoms. The Morgan fingerprint density at radius 2 is 1.90 bits per heavy atom. The molecule has 0 aliphatic carbocycles. The van der Waals surface area contributed by atoms with E-state index in [-0.39, 0.29) is 5.56 Å². The second-order valence-electron chi connectivity index (χ2n) is 4.94. The molecule has 0 aromatic heterocycles. The molecule has 2 aromatic rings. The maximum absolute atomic E-state index is 14.2. The number of hydrogen-bond acceptors (Lipinski definition) is 2. The van der Waals surface area contributed by atoms with Crippen molar-refractivity contribution >= 4 is 0 Å². The van der Waals surface area contributed by atoms with Crippen molar-refractivity contribution in [3.05, 3.63) is 65.0 Å². The summed E-state index contributed by atoms with van der Waals surface area (Å²) in [4.78, 5) is 0. The first-order chi connectivity index (χ1) is 9.50. The molecule has 0 heterocycles. The van der Waals surface area contributed by atoms with Crippen LogP contribution in [-0.2, 0) is 12.0 Å². The van der Waals surface area contributed by atoms with Gasteiger partial charge in [0.05, 0.1) is 12.7 Å². The van der Waals surface area contributed by atoms with Gasteiger partial charge in [0.1, 0.15) is 17.2 Å². The maximum atomic E-state index is 14.2. The van der Waals surface area contributed by atoms with E-state index in [1.54, 1.807) is 25.1 Å². The Hall–Kier alpha value is -1.87. The number of hydrogen-bond donors (Lipinski definition) is 1. The van der Waals surface area contributed by atoms with Gasteiger partial charge >= 0.3 is 0 Å². The van der Waals surface area contributed by atoms with Gasteiger partial charge in [-0.2, -0.15) is 0 Å². The van der Waals surface area contributed by atoms with Crippen molar-refractivity contribution in [1.29, 1.82) is 0 Å². The van der Waals surface area contributed by atoms with Gasteiger partial charge in [-0.25, -0.2) is 4.39 Å². The third kappa shape index (κ3) is 2.54. The van der Waals surface area contributed by atoms with Crippen LogP contribution >= 0.6 is 0 Å². The lowest BCUT2D eigenvalue weighted by Gasteiger charge is -2.27. The van der Waals surface area contributed by atoms with Crippen molar-refractivity contribution in [2.75, 3.05) is 7.11 Å². The van der Waals surface area contributed by atoms with Crippen molar-refractivity contribution in [2.24, 2.45) is 0 Å². The third-order valence-electron chi connectivity index (χ3n) is 3.58. The molecule has 0 aliphatic rings. The highest BCUT2D eigenvalue weighted by molar-refractivity contribution is 5.45. The minimum Gasteiger partial charge on any atom is -0.496 e. The van der Waals surface area contributed by atoms with E-state index in [1.165, 1.54) is 13.2 Å². The van der Waals surface area contributed by atoms with Crippen LogP contribution in [0.4, 0.5) is 4.39 Å². The topological polar surface area (TPSA) is 29.5 Å². The normalized spacial score (nSPS) is 13.8. The molecule has 0 saturated heterocycles. The minimum absolute atomic E-state index is 0.163. The monoisotopic (exact) mass is 274 g/mol. The Morgan fingerprint density at radius 3 is 2.55 bits per heavy atom. The molecule has 0 radical (unpaired) electrons. The summed E-state index contributed by atoms with van der Waals surface area (Å²) in [5.41, 5.74) is 0.469. The van der Waals surface area contributed by atoms with Crippen molar-refractivity contribution in [2.45, 2.75) is 25.9 Å². The molecule has 2 rings (SSSR count). The first-order valence-corrected chi connectivity index (χ1v) is 6.65. The zero-order valence-corrected chi connectivity index (χ0v) is 12.0. The van der Waals surface area contributed by atoms with Crippen LogP contribution in [0.15, 0.2) is 42.5 Å². The van der Waals surface area contributed by atoms with E-state index in [9.17, 15) is 9.50 Å². The summed E-state index contributed by atoms with van der Waals surface area (Å²) in [6, 6.07) is 12.1. The molecule has 0 aliphatic heterocycles. The molecule has 1 unspecified atom stereocenters. The highest BCUT2D eigenvalue weighted by atomic mass is 19.1. The van der Waals surface area contributed by atoms with Gasteiger partial charge in [0, 0.05) is 0 Å². The van der Waals surface area contributed by atoms with Gasteiger partial charge in [0.15, 0.2) is 0 Å². The van der Waals surface area contributed by atoms with Crippen LogP contribution in [0.1, 0.15) is 30.5 Å². The molecule has 2 nitrogen and oxygen atoms in total. The first kappa shape index (κ1) is 14.5. The highest BCUT2D eigenvalue weighted by Gasteiger charge is 2.32. The Bertz CT molecular complexity index is 606. The third-order valence-corrected chi connectivity index (χ3v) is 3.58. The molecule has 0 bridgehead atoms. The molecule has 2 aromatic carbocycles. The van der Waals surface area contributed by atoms with Gasteiger partial charge in [-0.05, 0) is 36.6 Å². The fraction of sp³-hybridized carbons (Fsp3) is 0.294. The van der Waals surface area contributed by atoms with E-state index in [1.807, 2.05) is 25.1 Å². The molecule has 0 spiro atoms. The molecular formula is C17H19FO2. The quantitative estimate of drug-likeness (QED) is 0.922. The van der Waals surface area contributed by atoms with Gasteiger partial charge in [-0.1, -0.05) is 37.3 Å². The molecular weight excluding hydrogens is 255 g/mol. The molecule has 20 heavy (non-hydrogen) atoms. The summed E-state index contributed by atoms with van der Waals surface area (Å²) in [6.45, 7) is 3.63. The van der Waals surface area contributed by atoms with E-state index in [0.29, 0.717) is 11.3 Å². The van der Waals surface area contributed by atoms with Gasteiger partial charge in [-0.15, -0.1) is 0 Å². The predicted molar refractivity (Wildman–Crippen MR) is 77.4 cm³/mol. The molecule has 0 fully saturated rings. The van der Waals surface area contributed by atoms with E-state index >= 15 is 0 Å². The van der Waals surface area contributed by atoms with Gasteiger partial charge in [-0.3, -0.25) is 0 Å². The van der Waals surface area contributed by atoms with Gasteiger partial charge < -0.3 is 9.84 Å². The SMILES string of the molecule is CCc1cccc(C(C)(O)c2c(F)cccc2OC)c1. The van der Waals surface area contributed by atoms with Crippen molar-refractivity contribution < 1.29 is 14.2 Å². The number of benzene rings is 2. The smallest absolute Gasteiger partial charge is 0.133 e. The zero-order valence-electron chi connectivity index (χ0n) is 12.0. The summed E-state index contributed by atoms with van der Waals surface area (Å²) < 4.78 is 19.4. The molecule has 0 saturated carbocycles. The predicted octanol–water partition coefficient (Wildman–Crippen LogP) is 3.65. The Balaban J connectivity index is 2.59. The first-order valence-electron chi connectivity index (χ1n) is 6.65. The van der Waals surface area contributed by atoms with E-state index in [0.717, 1.165) is 12.0 Å². The average Bonchev–Trinajstić information content (AvgIpc) is 2.46. The number of halogens is 1. The van der Waals surface area contributed by atoms with Gasteiger partial charge in [0.25, 0.3) is 0 Å². The standard InChI is InChI=1S/C17H19FO2/c1-4-12-7-5-8-13(11-12)17(2,19)16-14(18)9-6-10-15(16)20-3/h5-11,19H,4H2,1-3H3. The fourth-order valence-electron chi connectivity index (χ4n) is 2.39. The van der Waals surface area contributed by atoms with Crippen molar-refractivity contribution in [1.82, 2.24) is 0 Å². The second-order valence-corrected chi connectivity index (χ2v) is 4.94. The Morgan fingerprint density at radius 1 is 1.20 bits per heavy atom. The lowest BCUT2D eigenvalue weighted by Crippen LogP contribution is -2.25. The molecule has 1 N–H and O–H groups in total. The summed E-state index contributed by atoms with van der Waals surface area (Å²) in [5, 5.41) is 10.8. The highest BCUT2D eigenvalue weighted by Crippen LogP contribution is 2.37. The van der Waals surface area contributed by atoms with E-state index < -0.39 is 11.4 Å². The van der Waals surface area contributed by atoms with E-state index in [4.69, 9.17) is 4.74 Å². The summed E-state index contributed by atoms with van der Waals surface area (Å²) in [6.07, 6.45) is 0.859. The fourth-order valence-corrected chi connectivity index (χ4v) is 2.39. The number of aryl methyl sites for hydroxylation is 1. The lowest BCUT2D eigenvalue weighted by atomic mass is 9.86. The number of rotatable bonds is 4. The van der Waals surface area contributed by atoms with Crippen LogP contribution in [0.25, 0.3) is 0 Å². The van der Waals surface area contributed by atoms with Crippen LogP contribution < -0.4 is 4.74 Å². The number of methoxy groups -OCH3 is 1. The summed E-state index contributed by atoms with van der Waals surface area (Å²) in [7, 11) is 1.47. The molecule has 0 amide bonds. The Labute approximate surface area is 118 Å². The van der Waals surface area contributed by atoms with Crippen LogP contribution in [-0.4, -0.2) is 12.2 Å². The van der Waals surface area contributed by atoms with Crippen LogP contribution in [0.3, 0.4) is 0 Å².